The third kappa shape index (κ3) is 5.11. The van der Waals surface area contributed by atoms with Crippen LogP contribution in [0.2, 0.25) is 0 Å². The Morgan fingerprint density at radius 3 is 2.30 bits per heavy atom. The van der Waals surface area contributed by atoms with Gasteiger partial charge >= 0.3 is 0 Å². The van der Waals surface area contributed by atoms with Gasteiger partial charge in [0.15, 0.2) is 17.3 Å². The Bertz CT molecular complexity index is 812. The second-order valence-corrected chi connectivity index (χ2v) is 6.33. The summed E-state index contributed by atoms with van der Waals surface area (Å²) in [6.45, 7) is 0.886. The molecule has 0 N–H and O–H groups in total. The number of carbonyl (C=O) groups excluding carboxylic acids is 1. The van der Waals surface area contributed by atoms with Crippen molar-refractivity contribution in [1.82, 2.24) is 4.90 Å². The molecule has 144 valence electrons. The minimum absolute atomic E-state index is 0.0406. The van der Waals surface area contributed by atoms with E-state index in [1.807, 2.05) is 44.4 Å². The molecule has 0 aromatic heterocycles. The molecule has 2 aromatic rings. The summed E-state index contributed by atoms with van der Waals surface area (Å²) in [4.78, 5) is 14.9. The molecule has 27 heavy (non-hydrogen) atoms. The highest BCUT2D eigenvalue weighted by molar-refractivity contribution is 6.08. The minimum atomic E-state index is -0.0406. The highest BCUT2D eigenvalue weighted by atomic mass is 16.5. The molecule has 0 bridgehead atoms. The summed E-state index contributed by atoms with van der Waals surface area (Å²) in [5.74, 6) is 1.57. The molecule has 0 amide bonds. The smallest absolute Gasteiger partial charge is 0.203 e. The molecular weight excluding hydrogens is 342 g/mol. The van der Waals surface area contributed by atoms with Gasteiger partial charge < -0.3 is 19.1 Å². The summed E-state index contributed by atoms with van der Waals surface area (Å²) in [6, 6.07) is 11.3. The zero-order valence-corrected chi connectivity index (χ0v) is 16.6. The van der Waals surface area contributed by atoms with E-state index in [2.05, 4.69) is 4.90 Å². The lowest BCUT2D eigenvalue weighted by Gasteiger charge is -2.14. The molecule has 0 aliphatic rings. The van der Waals surface area contributed by atoms with E-state index < -0.39 is 0 Å². The molecule has 2 aromatic carbocycles. The lowest BCUT2D eigenvalue weighted by molar-refractivity contribution is 0.104. The number of ketones is 1. The van der Waals surface area contributed by atoms with Crippen molar-refractivity contribution in [2.75, 3.05) is 42.0 Å². The monoisotopic (exact) mass is 369 g/mol. The summed E-state index contributed by atoms with van der Waals surface area (Å²) in [6.07, 6.45) is 4.13. The largest absolute Gasteiger partial charge is 0.493 e. The Labute approximate surface area is 161 Å². The fourth-order valence-corrected chi connectivity index (χ4v) is 2.83. The van der Waals surface area contributed by atoms with Crippen LogP contribution in [0, 0.1) is 0 Å². The van der Waals surface area contributed by atoms with E-state index in [0.717, 1.165) is 29.7 Å². The number of rotatable bonds is 9. The van der Waals surface area contributed by atoms with E-state index in [-0.39, 0.29) is 5.78 Å². The average molecular weight is 369 g/mol. The maximum Gasteiger partial charge on any atom is 0.203 e. The number of hydrogen-bond acceptors (Lipinski definition) is 5. The van der Waals surface area contributed by atoms with E-state index in [1.54, 1.807) is 39.5 Å². The van der Waals surface area contributed by atoms with E-state index in [1.165, 1.54) is 0 Å². The van der Waals surface area contributed by atoms with Crippen LogP contribution in [0.25, 0.3) is 6.08 Å². The Kier molecular flexibility index (Phi) is 7.44. The molecule has 5 heteroatoms. The molecule has 0 spiro atoms. The molecule has 0 fully saturated rings. The molecule has 0 unspecified atom stereocenters. The topological polar surface area (TPSA) is 48.0 Å². The zero-order chi connectivity index (χ0) is 19.8. The number of methoxy groups -OCH3 is 3. The first-order valence-corrected chi connectivity index (χ1v) is 8.75. The highest BCUT2D eigenvalue weighted by Crippen LogP contribution is 2.40. The average Bonchev–Trinajstić information content (AvgIpc) is 2.69. The van der Waals surface area contributed by atoms with E-state index >= 15 is 0 Å². The maximum absolute atomic E-state index is 12.8. The zero-order valence-electron chi connectivity index (χ0n) is 16.6. The number of likely N-dealkylation sites (N-methyl/N-ethyl adjacent to an activating group) is 1. The first-order chi connectivity index (χ1) is 13.0. The molecule has 0 aliphatic heterocycles. The minimum Gasteiger partial charge on any atom is -0.493 e. The van der Waals surface area contributed by atoms with Gasteiger partial charge in [0.25, 0.3) is 0 Å². The first kappa shape index (κ1) is 20.5. The molecule has 0 atom stereocenters. The van der Waals surface area contributed by atoms with E-state index in [0.29, 0.717) is 17.2 Å². The summed E-state index contributed by atoms with van der Waals surface area (Å²) in [5, 5.41) is 0. The van der Waals surface area contributed by atoms with Crippen molar-refractivity contribution in [3.63, 3.8) is 0 Å². The molecular formula is C22H27NO4. The molecule has 0 saturated heterocycles. The summed E-state index contributed by atoms with van der Waals surface area (Å²) < 4.78 is 16.1. The van der Waals surface area contributed by atoms with Crippen molar-refractivity contribution >= 4 is 11.9 Å². The van der Waals surface area contributed by atoms with Gasteiger partial charge in [0.1, 0.15) is 0 Å². The Morgan fingerprint density at radius 1 is 0.963 bits per heavy atom. The standard InChI is InChI=1S/C22H27NO4/c1-23(2)15-14-16-8-6-7-9-18(16)19(24)12-10-17-11-13-20(25-3)22(27-5)21(17)26-4/h6-13H,14-15H2,1-5H3/b12-10+. The number of allylic oxidation sites excluding steroid dienone is 1. The summed E-state index contributed by atoms with van der Waals surface area (Å²) in [5.41, 5.74) is 2.50. The number of hydrogen-bond donors (Lipinski definition) is 0. The van der Waals surface area contributed by atoms with Gasteiger partial charge in [0, 0.05) is 17.7 Å². The van der Waals surface area contributed by atoms with Crippen molar-refractivity contribution in [2.45, 2.75) is 6.42 Å². The van der Waals surface area contributed by atoms with E-state index in [9.17, 15) is 4.79 Å². The third-order valence-electron chi connectivity index (χ3n) is 4.26. The van der Waals surface area contributed by atoms with Crippen molar-refractivity contribution in [1.29, 1.82) is 0 Å². The number of ether oxygens (including phenoxy) is 3. The normalized spacial score (nSPS) is 11.0. The van der Waals surface area contributed by atoms with Gasteiger partial charge in [-0.15, -0.1) is 0 Å². The van der Waals surface area contributed by atoms with Crippen LogP contribution < -0.4 is 14.2 Å². The molecule has 0 saturated carbocycles. The van der Waals surface area contributed by atoms with Gasteiger partial charge in [-0.2, -0.15) is 0 Å². The van der Waals surface area contributed by atoms with Crippen LogP contribution in [0.15, 0.2) is 42.5 Å². The van der Waals surface area contributed by atoms with Crippen LogP contribution in [-0.2, 0) is 6.42 Å². The van der Waals surface area contributed by atoms with Gasteiger partial charge in [0.05, 0.1) is 21.3 Å². The quantitative estimate of drug-likeness (QED) is 0.498. The van der Waals surface area contributed by atoms with Gasteiger partial charge in [-0.3, -0.25) is 4.79 Å². The van der Waals surface area contributed by atoms with Crippen LogP contribution >= 0.6 is 0 Å². The summed E-state index contributed by atoms with van der Waals surface area (Å²) in [7, 11) is 8.73. The lowest BCUT2D eigenvalue weighted by atomic mass is 10.00. The van der Waals surface area contributed by atoms with Crippen LogP contribution in [0.5, 0.6) is 17.2 Å². The fourth-order valence-electron chi connectivity index (χ4n) is 2.83. The van der Waals surface area contributed by atoms with Crippen molar-refractivity contribution in [2.24, 2.45) is 0 Å². The van der Waals surface area contributed by atoms with Gasteiger partial charge in [-0.25, -0.2) is 0 Å². The fraction of sp³-hybridized carbons (Fsp3) is 0.318. The predicted molar refractivity (Wildman–Crippen MR) is 108 cm³/mol. The second kappa shape index (κ2) is 9.78. The second-order valence-electron chi connectivity index (χ2n) is 6.33. The van der Waals surface area contributed by atoms with Gasteiger partial charge in [0.2, 0.25) is 5.75 Å². The first-order valence-electron chi connectivity index (χ1n) is 8.75. The summed E-state index contributed by atoms with van der Waals surface area (Å²) >= 11 is 0. The van der Waals surface area contributed by atoms with Crippen molar-refractivity contribution < 1.29 is 19.0 Å². The van der Waals surface area contributed by atoms with Crippen LogP contribution in [0.1, 0.15) is 21.5 Å². The van der Waals surface area contributed by atoms with Gasteiger partial charge in [-0.05, 0) is 50.4 Å². The van der Waals surface area contributed by atoms with Crippen molar-refractivity contribution in [3.8, 4) is 17.2 Å². The van der Waals surface area contributed by atoms with Crippen LogP contribution in [0.3, 0.4) is 0 Å². The SMILES string of the molecule is COc1ccc(/C=C/C(=O)c2ccccc2CCN(C)C)c(OC)c1OC. The van der Waals surface area contributed by atoms with E-state index in [4.69, 9.17) is 14.2 Å². The Balaban J connectivity index is 2.30. The lowest BCUT2D eigenvalue weighted by Crippen LogP contribution is -2.16. The third-order valence-corrected chi connectivity index (χ3v) is 4.26. The molecule has 0 radical (unpaired) electrons. The molecule has 5 nitrogen and oxygen atoms in total. The molecule has 0 aliphatic carbocycles. The number of carbonyl (C=O) groups is 1. The molecule has 2 rings (SSSR count). The Hall–Kier alpha value is -2.79. The molecule has 0 heterocycles. The number of nitrogens with zero attached hydrogens (tertiary/aromatic N) is 1. The van der Waals surface area contributed by atoms with Crippen LogP contribution in [-0.4, -0.2) is 52.7 Å². The van der Waals surface area contributed by atoms with Crippen LogP contribution in [0.4, 0.5) is 0 Å². The van der Waals surface area contributed by atoms with Gasteiger partial charge in [-0.1, -0.05) is 24.3 Å². The number of benzene rings is 2. The highest BCUT2D eigenvalue weighted by Gasteiger charge is 2.15. The van der Waals surface area contributed by atoms with Crippen molar-refractivity contribution in [3.05, 3.63) is 59.2 Å². The predicted octanol–water partition coefficient (Wildman–Crippen LogP) is 3.71. The Morgan fingerprint density at radius 2 is 1.67 bits per heavy atom. The maximum atomic E-state index is 12.8.